The molecule has 6 nitrogen and oxygen atoms in total. The maximum absolute atomic E-state index is 12.2. The van der Waals surface area contributed by atoms with Crippen molar-refractivity contribution in [1.29, 1.82) is 5.26 Å². The molecular weight excluding hydrogens is 338 g/mol. The molecule has 0 aromatic heterocycles. The lowest BCUT2D eigenvalue weighted by Gasteiger charge is -2.26. The highest BCUT2D eigenvalue weighted by Crippen LogP contribution is 2.20. The third kappa shape index (κ3) is 6.57. The molecule has 0 saturated heterocycles. The number of halogens is 1. The molecule has 126 valence electrons. The lowest BCUT2D eigenvalue weighted by atomic mass is 10.2. The Bertz CT molecular complexity index is 713. The number of amides is 1. The summed E-state index contributed by atoms with van der Waals surface area (Å²) >= 11 is 5.88. The summed E-state index contributed by atoms with van der Waals surface area (Å²) in [6, 6.07) is 6.31. The van der Waals surface area contributed by atoms with Gasteiger partial charge >= 0.3 is 0 Å². The summed E-state index contributed by atoms with van der Waals surface area (Å²) in [5.74, 6) is -0.347. The van der Waals surface area contributed by atoms with Crippen LogP contribution in [0.1, 0.15) is 19.4 Å². The highest BCUT2D eigenvalue weighted by atomic mass is 35.5. The minimum absolute atomic E-state index is 0.0191. The van der Waals surface area contributed by atoms with Gasteiger partial charge in [0, 0.05) is 17.3 Å². The van der Waals surface area contributed by atoms with Crippen LogP contribution in [0.2, 0.25) is 5.02 Å². The summed E-state index contributed by atoms with van der Waals surface area (Å²) in [7, 11) is -3.12. The molecule has 0 spiro atoms. The fourth-order valence-corrected chi connectivity index (χ4v) is 3.47. The number of nitriles is 1. The van der Waals surface area contributed by atoms with Crippen molar-refractivity contribution in [2.45, 2.75) is 19.9 Å². The largest absolute Gasteiger partial charge is 0.324 e. The Kier molecular flexibility index (Phi) is 7.01. The zero-order valence-corrected chi connectivity index (χ0v) is 14.9. The molecule has 0 heterocycles. The third-order valence-corrected chi connectivity index (χ3v) is 4.62. The van der Waals surface area contributed by atoms with E-state index in [1.165, 1.54) is 18.4 Å². The van der Waals surface area contributed by atoms with Gasteiger partial charge in [-0.2, -0.15) is 5.26 Å². The van der Waals surface area contributed by atoms with Crippen LogP contribution in [0.25, 0.3) is 0 Å². The number of carbonyl (C=O) groups is 1. The van der Waals surface area contributed by atoms with E-state index in [-0.39, 0.29) is 24.2 Å². The Morgan fingerprint density at radius 3 is 2.65 bits per heavy atom. The highest BCUT2D eigenvalue weighted by Gasteiger charge is 2.20. The van der Waals surface area contributed by atoms with Gasteiger partial charge in [-0.3, -0.25) is 9.69 Å². The quantitative estimate of drug-likeness (QED) is 0.804. The Hall–Kier alpha value is -1.62. The van der Waals surface area contributed by atoms with Gasteiger partial charge in [-0.15, -0.1) is 0 Å². The van der Waals surface area contributed by atoms with Crippen LogP contribution in [-0.2, 0) is 14.6 Å². The van der Waals surface area contributed by atoms with E-state index in [1.807, 2.05) is 13.0 Å². The summed E-state index contributed by atoms with van der Waals surface area (Å²) in [6.07, 6.45) is 1.17. The fourth-order valence-electron chi connectivity index (χ4n) is 2.21. The first-order valence-electron chi connectivity index (χ1n) is 7.07. The summed E-state index contributed by atoms with van der Waals surface area (Å²) < 4.78 is 22.8. The summed E-state index contributed by atoms with van der Waals surface area (Å²) in [5.41, 5.74) is 0.659. The summed E-state index contributed by atoms with van der Waals surface area (Å²) in [5, 5.41) is 12.1. The predicted molar refractivity (Wildman–Crippen MR) is 91.2 cm³/mol. The van der Waals surface area contributed by atoms with Crippen LogP contribution in [0.3, 0.4) is 0 Å². The molecule has 0 radical (unpaired) electrons. The van der Waals surface area contributed by atoms with Crippen LogP contribution in [0.4, 0.5) is 5.69 Å². The summed E-state index contributed by atoms with van der Waals surface area (Å²) in [4.78, 5) is 13.9. The number of carbonyl (C=O) groups excluding carboxylic acids is 1. The number of sulfone groups is 1. The van der Waals surface area contributed by atoms with Gasteiger partial charge in [-0.05, 0) is 31.7 Å². The third-order valence-electron chi connectivity index (χ3n) is 3.30. The molecule has 0 fully saturated rings. The molecule has 0 aliphatic rings. The lowest BCUT2D eigenvalue weighted by molar-refractivity contribution is -0.117. The number of hydrogen-bond donors (Lipinski definition) is 1. The average molecular weight is 358 g/mol. The number of nitrogens with zero attached hydrogens (tertiary/aromatic N) is 2. The zero-order chi connectivity index (χ0) is 17.6. The highest BCUT2D eigenvalue weighted by molar-refractivity contribution is 7.90. The van der Waals surface area contributed by atoms with Crippen molar-refractivity contribution in [1.82, 2.24) is 4.90 Å². The van der Waals surface area contributed by atoms with Gasteiger partial charge in [0.2, 0.25) is 5.91 Å². The standard InChI is InChI=1S/C15H20ClN3O3S/c1-4-19(11(2)10-23(3,21)22)9-15(20)18-14-7-13(16)6-5-12(14)8-17/h5-7,11H,4,9-10H2,1-3H3,(H,18,20). The molecule has 1 N–H and O–H groups in total. The number of rotatable bonds is 7. The van der Waals surface area contributed by atoms with E-state index in [4.69, 9.17) is 16.9 Å². The first-order valence-corrected chi connectivity index (χ1v) is 9.51. The molecule has 1 unspecified atom stereocenters. The number of nitrogens with one attached hydrogen (secondary N) is 1. The number of likely N-dealkylation sites (N-methyl/N-ethyl adjacent to an activating group) is 1. The van der Waals surface area contributed by atoms with E-state index in [0.29, 0.717) is 22.8 Å². The fraction of sp³-hybridized carbons (Fsp3) is 0.467. The maximum Gasteiger partial charge on any atom is 0.238 e. The normalized spacial score (nSPS) is 12.7. The van der Waals surface area contributed by atoms with Gasteiger partial charge in [0.15, 0.2) is 0 Å². The Labute approximate surface area is 142 Å². The van der Waals surface area contributed by atoms with Crippen molar-refractivity contribution < 1.29 is 13.2 Å². The molecule has 0 aliphatic carbocycles. The maximum atomic E-state index is 12.2. The van der Waals surface area contributed by atoms with Crippen molar-refractivity contribution in [2.24, 2.45) is 0 Å². The van der Waals surface area contributed by atoms with Crippen molar-refractivity contribution in [3.63, 3.8) is 0 Å². The summed E-state index contributed by atoms with van der Waals surface area (Å²) in [6.45, 7) is 4.18. The minimum Gasteiger partial charge on any atom is -0.324 e. The topological polar surface area (TPSA) is 90.3 Å². The van der Waals surface area contributed by atoms with E-state index in [9.17, 15) is 13.2 Å². The first kappa shape index (κ1) is 19.4. The van der Waals surface area contributed by atoms with Gasteiger partial charge in [0.05, 0.1) is 23.5 Å². The molecule has 23 heavy (non-hydrogen) atoms. The molecule has 0 bridgehead atoms. The zero-order valence-electron chi connectivity index (χ0n) is 13.3. The molecule has 1 atom stereocenters. The van der Waals surface area contributed by atoms with Crippen molar-refractivity contribution >= 4 is 33.0 Å². The van der Waals surface area contributed by atoms with E-state index < -0.39 is 9.84 Å². The van der Waals surface area contributed by atoms with Crippen LogP contribution in [0.5, 0.6) is 0 Å². The van der Waals surface area contributed by atoms with Crippen LogP contribution >= 0.6 is 11.6 Å². The van der Waals surface area contributed by atoms with Crippen LogP contribution < -0.4 is 5.32 Å². The van der Waals surface area contributed by atoms with Crippen LogP contribution in [0.15, 0.2) is 18.2 Å². The van der Waals surface area contributed by atoms with Gasteiger partial charge in [-0.25, -0.2) is 8.42 Å². The second-order valence-corrected chi connectivity index (χ2v) is 7.98. The molecule has 1 aromatic carbocycles. The van der Waals surface area contributed by atoms with Crippen molar-refractivity contribution in [2.75, 3.05) is 30.4 Å². The van der Waals surface area contributed by atoms with Gasteiger partial charge in [0.25, 0.3) is 0 Å². The molecule has 1 amide bonds. The smallest absolute Gasteiger partial charge is 0.238 e. The number of benzene rings is 1. The number of anilines is 1. The Morgan fingerprint density at radius 2 is 2.13 bits per heavy atom. The molecule has 0 saturated carbocycles. The Morgan fingerprint density at radius 1 is 1.48 bits per heavy atom. The van der Waals surface area contributed by atoms with Crippen LogP contribution in [-0.4, -0.2) is 50.4 Å². The van der Waals surface area contributed by atoms with Crippen molar-refractivity contribution in [3.8, 4) is 6.07 Å². The van der Waals surface area contributed by atoms with Crippen LogP contribution in [0, 0.1) is 11.3 Å². The van der Waals surface area contributed by atoms with E-state index in [0.717, 1.165) is 0 Å². The second kappa shape index (κ2) is 8.29. The van der Waals surface area contributed by atoms with Crippen molar-refractivity contribution in [3.05, 3.63) is 28.8 Å². The van der Waals surface area contributed by atoms with Gasteiger partial charge in [0.1, 0.15) is 15.9 Å². The predicted octanol–water partition coefficient (Wildman–Crippen LogP) is 1.91. The van der Waals surface area contributed by atoms with E-state index >= 15 is 0 Å². The molecule has 8 heteroatoms. The monoisotopic (exact) mass is 357 g/mol. The molecule has 1 rings (SSSR count). The Balaban J connectivity index is 2.79. The average Bonchev–Trinajstić information content (AvgIpc) is 2.43. The second-order valence-electron chi connectivity index (χ2n) is 5.35. The van der Waals surface area contributed by atoms with E-state index in [2.05, 4.69) is 5.32 Å². The van der Waals surface area contributed by atoms with E-state index in [1.54, 1.807) is 17.9 Å². The first-order chi connectivity index (χ1) is 10.7. The minimum atomic E-state index is -3.12. The SMILES string of the molecule is CCN(CC(=O)Nc1cc(Cl)ccc1C#N)C(C)CS(C)(=O)=O. The number of hydrogen-bond acceptors (Lipinski definition) is 5. The molecule has 0 aliphatic heterocycles. The molecule has 1 aromatic rings. The lowest BCUT2D eigenvalue weighted by Crippen LogP contribution is -2.42. The van der Waals surface area contributed by atoms with Gasteiger partial charge < -0.3 is 5.32 Å². The van der Waals surface area contributed by atoms with Gasteiger partial charge in [-0.1, -0.05) is 18.5 Å². The molecular formula is C15H20ClN3O3S.